The zero-order valence-corrected chi connectivity index (χ0v) is 17.6. The standard InChI is InChI=1S/C19H16BrN3O5S/c1-29(25,26)22-13-6-4-12(5-7-13)14-11-15(16-3-2-10-27-16)23(21-14)19(24)17-8-9-18(20)28-17/h2-10,15,22H,11H2,1H3/t15-/m0/s1. The second-order valence-corrected chi connectivity index (χ2v) is 9.02. The Labute approximate surface area is 175 Å². The highest BCUT2D eigenvalue weighted by Gasteiger charge is 2.36. The van der Waals surface area contributed by atoms with Crippen molar-refractivity contribution in [3.05, 3.63) is 76.5 Å². The van der Waals surface area contributed by atoms with Gasteiger partial charge in [0.05, 0.1) is 18.2 Å². The maximum atomic E-state index is 12.9. The van der Waals surface area contributed by atoms with Crippen LogP contribution in [0.3, 0.4) is 0 Å². The molecule has 0 fully saturated rings. The molecule has 1 aromatic carbocycles. The van der Waals surface area contributed by atoms with E-state index in [4.69, 9.17) is 8.83 Å². The molecule has 1 aliphatic rings. The first-order valence-corrected chi connectivity index (χ1v) is 11.3. The van der Waals surface area contributed by atoms with E-state index >= 15 is 0 Å². The number of hydrogen-bond acceptors (Lipinski definition) is 6. The van der Waals surface area contributed by atoms with Crippen LogP contribution in [0.25, 0.3) is 0 Å². The Bertz CT molecular complexity index is 1170. The van der Waals surface area contributed by atoms with E-state index in [2.05, 4.69) is 25.8 Å². The average molecular weight is 478 g/mol. The first-order valence-electron chi connectivity index (χ1n) is 8.58. The second kappa shape index (κ2) is 7.53. The summed E-state index contributed by atoms with van der Waals surface area (Å²) in [6, 6.07) is 13.2. The summed E-state index contributed by atoms with van der Waals surface area (Å²) in [4.78, 5) is 12.9. The lowest BCUT2D eigenvalue weighted by molar-refractivity contribution is 0.0659. The number of halogens is 1. The molecule has 10 heteroatoms. The van der Waals surface area contributed by atoms with Crippen LogP contribution in [-0.4, -0.2) is 31.3 Å². The van der Waals surface area contributed by atoms with Gasteiger partial charge in [0.15, 0.2) is 10.4 Å². The molecular weight excluding hydrogens is 462 g/mol. The number of carbonyl (C=O) groups is 1. The molecule has 0 saturated heterocycles. The summed E-state index contributed by atoms with van der Waals surface area (Å²) < 4.78 is 36.5. The smallest absolute Gasteiger partial charge is 0.310 e. The summed E-state index contributed by atoms with van der Waals surface area (Å²) in [6.07, 6.45) is 3.08. The first-order chi connectivity index (χ1) is 13.8. The van der Waals surface area contributed by atoms with Crippen LogP contribution in [0.1, 0.15) is 34.3 Å². The van der Waals surface area contributed by atoms with Gasteiger partial charge in [-0.3, -0.25) is 9.52 Å². The number of nitrogens with one attached hydrogen (secondary N) is 1. The van der Waals surface area contributed by atoms with Crippen LogP contribution in [-0.2, 0) is 10.0 Å². The van der Waals surface area contributed by atoms with Crippen molar-refractivity contribution in [2.24, 2.45) is 5.10 Å². The molecule has 0 spiro atoms. The van der Waals surface area contributed by atoms with Gasteiger partial charge in [-0.2, -0.15) is 5.10 Å². The fourth-order valence-electron chi connectivity index (χ4n) is 3.06. The third kappa shape index (κ3) is 4.28. The monoisotopic (exact) mass is 477 g/mol. The van der Waals surface area contributed by atoms with Crippen molar-refractivity contribution in [3.8, 4) is 0 Å². The van der Waals surface area contributed by atoms with E-state index in [0.717, 1.165) is 11.8 Å². The molecule has 1 amide bonds. The maximum absolute atomic E-state index is 12.9. The van der Waals surface area contributed by atoms with Crippen LogP contribution < -0.4 is 4.72 Å². The molecule has 0 aliphatic carbocycles. The fraction of sp³-hybridized carbons (Fsp3) is 0.158. The summed E-state index contributed by atoms with van der Waals surface area (Å²) in [5, 5.41) is 5.86. The average Bonchev–Trinajstić information content (AvgIpc) is 3.40. The number of furan rings is 2. The van der Waals surface area contributed by atoms with Gasteiger partial charge in [-0.05, 0) is 57.9 Å². The van der Waals surface area contributed by atoms with E-state index in [-0.39, 0.29) is 11.7 Å². The van der Waals surface area contributed by atoms with Gasteiger partial charge in [-0.1, -0.05) is 12.1 Å². The molecule has 0 radical (unpaired) electrons. The molecule has 150 valence electrons. The zero-order valence-electron chi connectivity index (χ0n) is 15.2. The third-order valence-corrected chi connectivity index (χ3v) is 5.33. The zero-order chi connectivity index (χ0) is 20.6. The van der Waals surface area contributed by atoms with E-state index in [1.54, 1.807) is 54.8 Å². The van der Waals surface area contributed by atoms with E-state index in [9.17, 15) is 13.2 Å². The van der Waals surface area contributed by atoms with Crippen molar-refractivity contribution in [2.75, 3.05) is 11.0 Å². The molecule has 1 aliphatic heterocycles. The number of hydrazone groups is 1. The maximum Gasteiger partial charge on any atom is 0.310 e. The van der Waals surface area contributed by atoms with Gasteiger partial charge in [-0.15, -0.1) is 0 Å². The van der Waals surface area contributed by atoms with E-state index in [0.29, 0.717) is 28.2 Å². The van der Waals surface area contributed by atoms with Crippen LogP contribution in [0, 0.1) is 0 Å². The highest BCUT2D eigenvalue weighted by molar-refractivity contribution is 9.10. The lowest BCUT2D eigenvalue weighted by atomic mass is 10.0. The lowest BCUT2D eigenvalue weighted by Gasteiger charge is -2.18. The summed E-state index contributed by atoms with van der Waals surface area (Å²) in [7, 11) is -3.36. The van der Waals surface area contributed by atoms with Crippen molar-refractivity contribution in [1.29, 1.82) is 0 Å². The van der Waals surface area contributed by atoms with E-state index in [1.807, 2.05) is 0 Å². The summed E-state index contributed by atoms with van der Waals surface area (Å²) in [6.45, 7) is 0. The molecule has 2 aromatic heterocycles. The molecule has 3 heterocycles. The summed E-state index contributed by atoms with van der Waals surface area (Å²) in [5.41, 5.74) is 1.90. The molecule has 4 rings (SSSR count). The number of carbonyl (C=O) groups excluding carboxylic acids is 1. The SMILES string of the molecule is CS(=O)(=O)Nc1ccc(C2=NN(C(=O)c3ccc(Br)o3)[C@H](c3ccco3)C2)cc1. The highest BCUT2D eigenvalue weighted by atomic mass is 79.9. The number of anilines is 1. The topological polar surface area (TPSA) is 105 Å². The summed E-state index contributed by atoms with van der Waals surface area (Å²) in [5.74, 6) is 0.381. The van der Waals surface area contributed by atoms with Crippen molar-refractivity contribution in [2.45, 2.75) is 12.5 Å². The molecular formula is C19H16BrN3O5S. The molecule has 0 bridgehead atoms. The summed E-state index contributed by atoms with van der Waals surface area (Å²) >= 11 is 3.20. The van der Waals surface area contributed by atoms with Crippen molar-refractivity contribution < 1.29 is 22.0 Å². The van der Waals surface area contributed by atoms with Gasteiger partial charge in [0.1, 0.15) is 11.8 Å². The normalized spacial score (nSPS) is 16.7. The van der Waals surface area contributed by atoms with Gasteiger partial charge in [0.2, 0.25) is 10.0 Å². The Morgan fingerprint density at radius 3 is 2.55 bits per heavy atom. The Kier molecular flexibility index (Phi) is 5.05. The number of nitrogens with zero attached hydrogens (tertiary/aromatic N) is 2. The predicted molar refractivity (Wildman–Crippen MR) is 110 cm³/mol. The van der Waals surface area contributed by atoms with Crippen LogP contribution in [0.2, 0.25) is 0 Å². The molecule has 3 aromatic rings. The minimum Gasteiger partial charge on any atom is -0.467 e. The van der Waals surface area contributed by atoms with Crippen LogP contribution in [0.15, 0.2) is 73.4 Å². The highest BCUT2D eigenvalue weighted by Crippen LogP contribution is 2.34. The minimum atomic E-state index is -3.36. The van der Waals surface area contributed by atoms with Crippen LogP contribution in [0.5, 0.6) is 0 Å². The van der Waals surface area contributed by atoms with Crippen LogP contribution >= 0.6 is 15.9 Å². The van der Waals surface area contributed by atoms with E-state index in [1.165, 1.54) is 5.01 Å². The van der Waals surface area contributed by atoms with Gasteiger partial charge in [0, 0.05) is 12.1 Å². The van der Waals surface area contributed by atoms with Crippen molar-refractivity contribution in [1.82, 2.24) is 5.01 Å². The third-order valence-electron chi connectivity index (χ3n) is 4.30. The number of rotatable bonds is 5. The molecule has 0 unspecified atom stereocenters. The Morgan fingerprint density at radius 1 is 1.21 bits per heavy atom. The van der Waals surface area contributed by atoms with Crippen molar-refractivity contribution in [3.63, 3.8) is 0 Å². The quantitative estimate of drug-likeness (QED) is 0.597. The van der Waals surface area contributed by atoms with Gasteiger partial charge in [0.25, 0.3) is 0 Å². The first kappa shape index (κ1) is 19.5. The van der Waals surface area contributed by atoms with Gasteiger partial charge >= 0.3 is 5.91 Å². The number of amides is 1. The lowest BCUT2D eigenvalue weighted by Crippen LogP contribution is -2.26. The molecule has 8 nitrogen and oxygen atoms in total. The predicted octanol–water partition coefficient (Wildman–Crippen LogP) is 4.00. The Balaban J connectivity index is 1.64. The Morgan fingerprint density at radius 2 is 1.97 bits per heavy atom. The minimum absolute atomic E-state index is 0.158. The Hall–Kier alpha value is -2.85. The molecule has 1 atom stereocenters. The van der Waals surface area contributed by atoms with Gasteiger partial charge < -0.3 is 8.83 Å². The number of sulfonamides is 1. The van der Waals surface area contributed by atoms with Crippen LogP contribution in [0.4, 0.5) is 5.69 Å². The molecule has 1 N–H and O–H groups in total. The largest absolute Gasteiger partial charge is 0.467 e. The fourth-order valence-corrected chi connectivity index (χ4v) is 3.93. The van der Waals surface area contributed by atoms with Crippen molar-refractivity contribution >= 4 is 43.3 Å². The van der Waals surface area contributed by atoms with E-state index < -0.39 is 16.1 Å². The molecule has 0 saturated carbocycles. The molecule has 29 heavy (non-hydrogen) atoms. The number of benzene rings is 1. The second-order valence-electron chi connectivity index (χ2n) is 6.49. The van der Waals surface area contributed by atoms with Gasteiger partial charge in [-0.25, -0.2) is 13.4 Å². The number of hydrogen-bond donors (Lipinski definition) is 1.